The van der Waals surface area contributed by atoms with Crippen LogP contribution >= 0.6 is 11.8 Å². The number of benzene rings is 1. The first-order chi connectivity index (χ1) is 10.0. The Morgan fingerprint density at radius 2 is 2.29 bits per heavy atom. The summed E-state index contributed by atoms with van der Waals surface area (Å²) < 4.78 is 5.47. The minimum atomic E-state index is -0.202. The monoisotopic (exact) mass is 308 g/mol. The average molecular weight is 308 g/mol. The smallest absolute Gasteiger partial charge is 0.237 e. The SMILES string of the molecule is CCOc1ccc2nc(SC(C)C(C)C(=O)NN)[nH]c2c1. The van der Waals surface area contributed by atoms with Crippen molar-refractivity contribution in [3.8, 4) is 5.75 Å². The summed E-state index contributed by atoms with van der Waals surface area (Å²) in [6.45, 7) is 6.40. The second kappa shape index (κ2) is 6.82. The summed E-state index contributed by atoms with van der Waals surface area (Å²) >= 11 is 1.52. The first kappa shape index (κ1) is 15.7. The third-order valence-electron chi connectivity index (χ3n) is 3.30. The number of aromatic amines is 1. The first-order valence-corrected chi connectivity index (χ1v) is 7.72. The predicted molar refractivity (Wildman–Crippen MR) is 84.1 cm³/mol. The molecule has 4 N–H and O–H groups in total. The van der Waals surface area contributed by atoms with Crippen molar-refractivity contribution in [3.63, 3.8) is 0 Å². The Hall–Kier alpha value is -1.73. The highest BCUT2D eigenvalue weighted by Crippen LogP contribution is 2.28. The first-order valence-electron chi connectivity index (χ1n) is 6.84. The van der Waals surface area contributed by atoms with Gasteiger partial charge in [-0.05, 0) is 19.1 Å². The lowest BCUT2D eigenvalue weighted by atomic mass is 10.1. The molecule has 0 spiro atoms. The Morgan fingerprint density at radius 3 is 2.95 bits per heavy atom. The van der Waals surface area contributed by atoms with Crippen molar-refractivity contribution in [2.75, 3.05) is 6.61 Å². The van der Waals surface area contributed by atoms with E-state index in [0.717, 1.165) is 21.9 Å². The lowest BCUT2D eigenvalue weighted by Gasteiger charge is -2.16. The summed E-state index contributed by atoms with van der Waals surface area (Å²) in [7, 11) is 0. The summed E-state index contributed by atoms with van der Waals surface area (Å²) in [6.07, 6.45) is 0. The summed E-state index contributed by atoms with van der Waals surface area (Å²) in [5.74, 6) is 5.60. The van der Waals surface area contributed by atoms with E-state index in [1.54, 1.807) is 0 Å². The van der Waals surface area contributed by atoms with Crippen LogP contribution in [0.15, 0.2) is 23.4 Å². The van der Waals surface area contributed by atoms with Crippen LogP contribution < -0.4 is 16.0 Å². The number of hydrogen-bond donors (Lipinski definition) is 3. The van der Waals surface area contributed by atoms with Gasteiger partial charge < -0.3 is 9.72 Å². The molecule has 0 saturated carbocycles. The Balaban J connectivity index is 2.13. The maximum atomic E-state index is 11.5. The number of thioether (sulfide) groups is 1. The van der Waals surface area contributed by atoms with Gasteiger partial charge in [-0.25, -0.2) is 10.8 Å². The number of carbonyl (C=O) groups is 1. The molecule has 0 bridgehead atoms. The van der Waals surface area contributed by atoms with Crippen molar-refractivity contribution >= 4 is 28.7 Å². The van der Waals surface area contributed by atoms with Crippen molar-refractivity contribution in [1.82, 2.24) is 15.4 Å². The fourth-order valence-corrected chi connectivity index (χ4v) is 2.90. The lowest BCUT2D eigenvalue weighted by Crippen LogP contribution is -2.38. The number of aromatic nitrogens is 2. The molecule has 0 aliphatic rings. The van der Waals surface area contributed by atoms with Crippen LogP contribution in [0.3, 0.4) is 0 Å². The standard InChI is InChI=1S/C14H20N4O2S/c1-4-20-10-5-6-11-12(7-10)17-14(16-11)21-9(3)8(2)13(19)18-15/h5-9H,4,15H2,1-3H3,(H,16,17)(H,18,19). The van der Waals surface area contributed by atoms with Crippen LogP contribution in [0.2, 0.25) is 0 Å². The van der Waals surface area contributed by atoms with Crippen LogP contribution in [0.4, 0.5) is 0 Å². The van der Waals surface area contributed by atoms with E-state index in [0.29, 0.717) is 6.61 Å². The van der Waals surface area contributed by atoms with E-state index in [1.807, 2.05) is 39.0 Å². The number of nitrogens with one attached hydrogen (secondary N) is 2. The van der Waals surface area contributed by atoms with Gasteiger partial charge in [0.05, 0.1) is 17.6 Å². The molecule has 21 heavy (non-hydrogen) atoms. The number of hydrazine groups is 1. The molecule has 0 fully saturated rings. The third kappa shape index (κ3) is 3.68. The van der Waals surface area contributed by atoms with Crippen LogP contribution in [-0.4, -0.2) is 27.7 Å². The molecule has 2 atom stereocenters. The maximum absolute atomic E-state index is 11.5. The number of nitrogens with two attached hydrogens (primary N) is 1. The van der Waals surface area contributed by atoms with Crippen LogP contribution in [0, 0.1) is 5.92 Å². The van der Waals surface area contributed by atoms with Gasteiger partial charge in [0.15, 0.2) is 5.16 Å². The van der Waals surface area contributed by atoms with Gasteiger partial charge in [-0.3, -0.25) is 10.2 Å². The highest BCUT2D eigenvalue weighted by Gasteiger charge is 2.21. The zero-order valence-corrected chi connectivity index (χ0v) is 13.2. The molecule has 1 aromatic heterocycles. The van der Waals surface area contributed by atoms with E-state index < -0.39 is 0 Å². The summed E-state index contributed by atoms with van der Waals surface area (Å²) in [5, 5.41) is 0.836. The minimum absolute atomic E-state index is 0.0560. The Morgan fingerprint density at radius 1 is 1.52 bits per heavy atom. The molecule has 2 aromatic rings. The second-order valence-corrected chi connectivity index (χ2v) is 6.14. The molecule has 2 unspecified atom stereocenters. The van der Waals surface area contributed by atoms with Gasteiger partial charge in [0.2, 0.25) is 5.91 Å². The number of fused-ring (bicyclic) bond motifs is 1. The minimum Gasteiger partial charge on any atom is -0.494 e. The zero-order valence-electron chi connectivity index (χ0n) is 12.3. The zero-order chi connectivity index (χ0) is 15.4. The Kier molecular flexibility index (Phi) is 5.08. The van der Waals surface area contributed by atoms with Gasteiger partial charge in [-0.15, -0.1) is 0 Å². The Bertz CT molecular complexity index is 628. The van der Waals surface area contributed by atoms with E-state index in [2.05, 4.69) is 15.4 Å². The molecule has 114 valence electrons. The van der Waals surface area contributed by atoms with Gasteiger partial charge in [-0.2, -0.15) is 0 Å². The van der Waals surface area contributed by atoms with Gasteiger partial charge in [-0.1, -0.05) is 25.6 Å². The molecule has 1 aromatic carbocycles. The van der Waals surface area contributed by atoms with E-state index in [4.69, 9.17) is 10.6 Å². The highest BCUT2D eigenvalue weighted by molar-refractivity contribution is 7.99. The number of rotatable bonds is 6. The number of hydrogen-bond acceptors (Lipinski definition) is 5. The number of nitrogens with zero attached hydrogens (tertiary/aromatic N) is 1. The van der Waals surface area contributed by atoms with E-state index in [9.17, 15) is 4.79 Å². The third-order valence-corrected chi connectivity index (χ3v) is 4.50. The molecular weight excluding hydrogens is 288 g/mol. The van der Waals surface area contributed by atoms with Crippen molar-refractivity contribution in [2.45, 2.75) is 31.2 Å². The van der Waals surface area contributed by atoms with Crippen molar-refractivity contribution in [3.05, 3.63) is 18.2 Å². The van der Waals surface area contributed by atoms with Gasteiger partial charge in [0.25, 0.3) is 0 Å². The average Bonchev–Trinajstić information content (AvgIpc) is 2.87. The molecule has 7 heteroatoms. The molecule has 1 amide bonds. The van der Waals surface area contributed by atoms with Crippen LogP contribution in [0.5, 0.6) is 5.75 Å². The quantitative estimate of drug-likeness (QED) is 0.329. The number of amides is 1. The molecule has 0 aliphatic carbocycles. The largest absolute Gasteiger partial charge is 0.494 e. The molecule has 0 radical (unpaired) electrons. The van der Waals surface area contributed by atoms with Crippen LogP contribution in [-0.2, 0) is 4.79 Å². The summed E-state index contributed by atoms with van der Waals surface area (Å²) in [6, 6.07) is 5.74. The molecule has 1 heterocycles. The number of H-pyrrole nitrogens is 1. The van der Waals surface area contributed by atoms with E-state index in [1.165, 1.54) is 11.8 Å². The molecular formula is C14H20N4O2S. The van der Waals surface area contributed by atoms with Crippen LogP contribution in [0.1, 0.15) is 20.8 Å². The van der Waals surface area contributed by atoms with Gasteiger partial charge >= 0.3 is 0 Å². The highest BCUT2D eigenvalue weighted by atomic mass is 32.2. The van der Waals surface area contributed by atoms with Crippen molar-refractivity contribution < 1.29 is 9.53 Å². The molecule has 0 saturated heterocycles. The fraction of sp³-hybridized carbons (Fsp3) is 0.429. The van der Waals surface area contributed by atoms with Crippen molar-refractivity contribution in [1.29, 1.82) is 0 Å². The topological polar surface area (TPSA) is 93.0 Å². The Labute approximate surface area is 127 Å². The van der Waals surface area contributed by atoms with E-state index in [-0.39, 0.29) is 17.1 Å². The van der Waals surface area contributed by atoms with E-state index >= 15 is 0 Å². The molecule has 6 nitrogen and oxygen atoms in total. The summed E-state index contributed by atoms with van der Waals surface area (Å²) in [4.78, 5) is 19.3. The number of carbonyl (C=O) groups excluding carboxylic acids is 1. The molecule has 2 rings (SSSR count). The summed E-state index contributed by atoms with van der Waals surface area (Å²) in [5.41, 5.74) is 3.98. The second-order valence-electron chi connectivity index (χ2n) is 4.77. The van der Waals surface area contributed by atoms with Gasteiger partial charge in [0, 0.05) is 17.2 Å². The van der Waals surface area contributed by atoms with Gasteiger partial charge in [0.1, 0.15) is 5.75 Å². The molecule has 0 aliphatic heterocycles. The predicted octanol–water partition coefficient (Wildman–Crippen LogP) is 2.07. The van der Waals surface area contributed by atoms with Crippen molar-refractivity contribution in [2.24, 2.45) is 11.8 Å². The lowest BCUT2D eigenvalue weighted by molar-refractivity contribution is -0.124. The number of ether oxygens (including phenoxy) is 1. The van der Waals surface area contributed by atoms with Crippen LogP contribution in [0.25, 0.3) is 11.0 Å². The normalized spacial score (nSPS) is 13.9. The fourth-order valence-electron chi connectivity index (χ4n) is 1.90. The number of imidazole rings is 1. The maximum Gasteiger partial charge on any atom is 0.237 e.